The second-order valence-electron chi connectivity index (χ2n) is 3.30. The van der Waals surface area contributed by atoms with Crippen molar-refractivity contribution in [2.75, 3.05) is 13.1 Å². The van der Waals surface area contributed by atoms with Gasteiger partial charge in [-0.15, -0.1) is 0 Å². The van der Waals surface area contributed by atoms with Crippen molar-refractivity contribution in [2.45, 2.75) is 19.4 Å². The highest BCUT2D eigenvalue weighted by atomic mass is 14.9. The van der Waals surface area contributed by atoms with E-state index in [1.54, 1.807) is 0 Å². The summed E-state index contributed by atoms with van der Waals surface area (Å²) in [5.41, 5.74) is 6.81. The molecule has 0 saturated carbocycles. The van der Waals surface area contributed by atoms with Crippen molar-refractivity contribution in [3.8, 4) is 0 Å². The number of rotatable bonds is 1. The van der Waals surface area contributed by atoms with Gasteiger partial charge in [-0.25, -0.2) is 0 Å². The van der Waals surface area contributed by atoms with E-state index in [0.29, 0.717) is 0 Å². The first-order chi connectivity index (χ1) is 6.30. The van der Waals surface area contributed by atoms with Crippen molar-refractivity contribution in [1.29, 1.82) is 0 Å². The molecule has 0 amide bonds. The van der Waals surface area contributed by atoms with Crippen molar-refractivity contribution in [1.82, 2.24) is 5.32 Å². The minimum Gasteiger partial charge on any atom is -0.324 e. The van der Waals surface area contributed by atoms with Gasteiger partial charge in [-0.1, -0.05) is 30.3 Å². The Balaban J connectivity index is 0.000000175. The molecule has 0 aromatic heterocycles. The highest BCUT2D eigenvalue weighted by Gasteiger charge is 1.93. The van der Waals surface area contributed by atoms with Crippen molar-refractivity contribution >= 4 is 0 Å². The first kappa shape index (κ1) is 10.2. The SMILES string of the molecule is C1CNC1.CC(N)c1ccccc1. The Bertz CT molecular complexity index is 211. The standard InChI is InChI=1S/C8H11N.C3H7N/c1-7(9)8-5-3-2-4-6-8;1-2-4-3-1/h2-7H,9H2,1H3;4H,1-3H2. The zero-order valence-corrected chi connectivity index (χ0v) is 8.16. The molecule has 1 atom stereocenters. The molecule has 3 N–H and O–H groups in total. The van der Waals surface area contributed by atoms with E-state index in [1.165, 1.54) is 25.1 Å². The summed E-state index contributed by atoms with van der Waals surface area (Å²) >= 11 is 0. The van der Waals surface area contributed by atoms with Crippen LogP contribution in [0.2, 0.25) is 0 Å². The smallest absolute Gasteiger partial charge is 0.0266 e. The van der Waals surface area contributed by atoms with Crippen LogP contribution in [-0.2, 0) is 0 Å². The molecule has 2 heteroatoms. The molecule has 0 bridgehead atoms. The molecule has 1 aliphatic rings. The molecule has 1 unspecified atom stereocenters. The van der Waals surface area contributed by atoms with Gasteiger partial charge in [-0.05, 0) is 32.0 Å². The van der Waals surface area contributed by atoms with Gasteiger partial charge in [0, 0.05) is 6.04 Å². The molecule has 0 radical (unpaired) electrons. The molecule has 13 heavy (non-hydrogen) atoms. The van der Waals surface area contributed by atoms with E-state index in [4.69, 9.17) is 5.73 Å². The number of hydrogen-bond acceptors (Lipinski definition) is 2. The fraction of sp³-hybridized carbons (Fsp3) is 0.455. The van der Waals surface area contributed by atoms with Gasteiger partial charge < -0.3 is 11.1 Å². The Hall–Kier alpha value is -0.860. The lowest BCUT2D eigenvalue weighted by molar-refractivity contribution is 0.527. The van der Waals surface area contributed by atoms with Crippen molar-refractivity contribution in [2.24, 2.45) is 5.73 Å². The zero-order chi connectivity index (χ0) is 9.52. The molecule has 1 aromatic rings. The molecular weight excluding hydrogens is 160 g/mol. The van der Waals surface area contributed by atoms with E-state index in [2.05, 4.69) is 5.32 Å². The molecule has 1 aromatic carbocycles. The average Bonchev–Trinajstić information content (AvgIpc) is 2.03. The summed E-state index contributed by atoms with van der Waals surface area (Å²) in [6.07, 6.45) is 1.39. The predicted molar refractivity (Wildman–Crippen MR) is 56.5 cm³/mol. The molecule has 1 heterocycles. The summed E-state index contributed by atoms with van der Waals surface area (Å²) < 4.78 is 0. The van der Waals surface area contributed by atoms with Gasteiger partial charge >= 0.3 is 0 Å². The van der Waals surface area contributed by atoms with E-state index in [9.17, 15) is 0 Å². The van der Waals surface area contributed by atoms with E-state index in [-0.39, 0.29) is 6.04 Å². The Morgan fingerprint density at radius 1 is 1.23 bits per heavy atom. The topological polar surface area (TPSA) is 38.0 Å². The monoisotopic (exact) mass is 178 g/mol. The van der Waals surface area contributed by atoms with Crippen LogP contribution in [0.3, 0.4) is 0 Å². The van der Waals surface area contributed by atoms with Crippen LogP contribution in [0.25, 0.3) is 0 Å². The molecule has 0 spiro atoms. The van der Waals surface area contributed by atoms with Gasteiger partial charge in [0.2, 0.25) is 0 Å². The van der Waals surface area contributed by atoms with E-state index in [1.807, 2.05) is 37.3 Å². The van der Waals surface area contributed by atoms with E-state index in [0.717, 1.165) is 0 Å². The minimum absolute atomic E-state index is 0.159. The normalized spacial score (nSPS) is 16.5. The van der Waals surface area contributed by atoms with Gasteiger partial charge in [-0.3, -0.25) is 0 Å². The lowest BCUT2D eigenvalue weighted by Gasteiger charge is -2.09. The first-order valence-corrected chi connectivity index (χ1v) is 4.82. The highest BCUT2D eigenvalue weighted by Crippen LogP contribution is 2.06. The molecule has 1 saturated heterocycles. The third-order valence-electron chi connectivity index (χ3n) is 2.03. The summed E-state index contributed by atoms with van der Waals surface area (Å²) in [6.45, 7) is 4.48. The van der Waals surface area contributed by atoms with Crippen LogP contribution in [0.1, 0.15) is 24.9 Å². The molecule has 0 aliphatic carbocycles. The molecule has 2 rings (SSSR count). The lowest BCUT2D eigenvalue weighted by atomic mass is 10.1. The van der Waals surface area contributed by atoms with Gasteiger partial charge in [-0.2, -0.15) is 0 Å². The average molecular weight is 178 g/mol. The van der Waals surface area contributed by atoms with Gasteiger partial charge in [0.25, 0.3) is 0 Å². The predicted octanol–water partition coefficient (Wildman–Crippen LogP) is 1.69. The summed E-state index contributed by atoms with van der Waals surface area (Å²) in [7, 11) is 0. The summed E-state index contributed by atoms with van der Waals surface area (Å²) in [4.78, 5) is 0. The summed E-state index contributed by atoms with van der Waals surface area (Å²) in [6, 6.07) is 10.2. The first-order valence-electron chi connectivity index (χ1n) is 4.82. The van der Waals surface area contributed by atoms with Crippen LogP contribution >= 0.6 is 0 Å². The molecular formula is C11H18N2. The Morgan fingerprint density at radius 2 is 1.69 bits per heavy atom. The Labute approximate surface area is 80.1 Å². The number of nitrogens with two attached hydrogens (primary N) is 1. The van der Waals surface area contributed by atoms with Gasteiger partial charge in [0.1, 0.15) is 0 Å². The van der Waals surface area contributed by atoms with Crippen LogP contribution in [0.4, 0.5) is 0 Å². The van der Waals surface area contributed by atoms with Crippen LogP contribution in [-0.4, -0.2) is 13.1 Å². The molecule has 2 nitrogen and oxygen atoms in total. The van der Waals surface area contributed by atoms with Gasteiger partial charge in [0.15, 0.2) is 0 Å². The second kappa shape index (κ2) is 5.73. The minimum atomic E-state index is 0.159. The Kier molecular flexibility index (Phi) is 4.50. The summed E-state index contributed by atoms with van der Waals surface area (Å²) in [5, 5.41) is 3.11. The maximum absolute atomic E-state index is 5.61. The second-order valence-corrected chi connectivity index (χ2v) is 3.30. The van der Waals surface area contributed by atoms with Crippen molar-refractivity contribution in [3.05, 3.63) is 35.9 Å². The quantitative estimate of drug-likeness (QED) is 0.686. The van der Waals surface area contributed by atoms with Crippen LogP contribution < -0.4 is 11.1 Å². The third-order valence-corrected chi connectivity index (χ3v) is 2.03. The number of hydrogen-bond donors (Lipinski definition) is 2. The Morgan fingerprint density at radius 3 is 1.92 bits per heavy atom. The molecule has 1 fully saturated rings. The van der Waals surface area contributed by atoms with Crippen LogP contribution in [0.5, 0.6) is 0 Å². The van der Waals surface area contributed by atoms with Crippen LogP contribution in [0, 0.1) is 0 Å². The summed E-state index contributed by atoms with van der Waals surface area (Å²) in [5.74, 6) is 0. The number of nitrogens with one attached hydrogen (secondary N) is 1. The highest BCUT2D eigenvalue weighted by molar-refractivity contribution is 5.17. The van der Waals surface area contributed by atoms with Crippen molar-refractivity contribution < 1.29 is 0 Å². The van der Waals surface area contributed by atoms with Crippen LogP contribution in [0.15, 0.2) is 30.3 Å². The fourth-order valence-corrected chi connectivity index (χ4v) is 0.933. The fourth-order valence-electron chi connectivity index (χ4n) is 0.933. The largest absolute Gasteiger partial charge is 0.324 e. The molecule has 1 aliphatic heterocycles. The molecule has 72 valence electrons. The maximum Gasteiger partial charge on any atom is 0.0266 e. The number of benzene rings is 1. The van der Waals surface area contributed by atoms with Gasteiger partial charge in [0.05, 0.1) is 0 Å². The zero-order valence-electron chi connectivity index (χ0n) is 8.16. The van der Waals surface area contributed by atoms with E-state index < -0.39 is 0 Å². The lowest BCUT2D eigenvalue weighted by Crippen LogP contribution is -2.29. The third kappa shape index (κ3) is 4.06. The van der Waals surface area contributed by atoms with E-state index >= 15 is 0 Å². The van der Waals surface area contributed by atoms with Crippen molar-refractivity contribution in [3.63, 3.8) is 0 Å². The maximum atomic E-state index is 5.61.